The third kappa shape index (κ3) is 3.71. The molecule has 2 atom stereocenters. The summed E-state index contributed by atoms with van der Waals surface area (Å²) in [6, 6.07) is 16.1. The fourth-order valence-electron chi connectivity index (χ4n) is 2.56. The highest BCUT2D eigenvalue weighted by atomic mass is 32.2. The van der Waals surface area contributed by atoms with Crippen molar-refractivity contribution in [3.63, 3.8) is 0 Å². The Balaban J connectivity index is 1.79. The third-order valence-corrected chi connectivity index (χ3v) is 5.02. The minimum Gasteiger partial charge on any atom is -0.456 e. The van der Waals surface area contributed by atoms with Gasteiger partial charge in [0, 0.05) is 23.4 Å². The summed E-state index contributed by atoms with van der Waals surface area (Å²) in [6.45, 7) is 0. The summed E-state index contributed by atoms with van der Waals surface area (Å²) in [5.41, 5.74) is 1.05. The average Bonchev–Trinajstić information content (AvgIpc) is 2.58. The van der Waals surface area contributed by atoms with Crippen LogP contribution in [0.5, 0.6) is 0 Å². The lowest BCUT2D eigenvalue weighted by atomic mass is 10.0. The molecule has 1 aliphatic rings. The maximum absolute atomic E-state index is 11.7. The van der Waals surface area contributed by atoms with E-state index < -0.39 is 4.92 Å². The Bertz CT molecular complexity index is 702. The number of benzene rings is 2. The van der Waals surface area contributed by atoms with Crippen LogP contribution in [-0.2, 0) is 9.53 Å². The molecule has 23 heavy (non-hydrogen) atoms. The van der Waals surface area contributed by atoms with Crippen molar-refractivity contribution in [1.29, 1.82) is 0 Å². The largest absolute Gasteiger partial charge is 0.456 e. The Morgan fingerprint density at radius 2 is 1.78 bits per heavy atom. The van der Waals surface area contributed by atoms with Crippen LogP contribution in [0.3, 0.4) is 0 Å². The number of carbonyl (C=O) groups is 1. The molecule has 2 unspecified atom stereocenters. The van der Waals surface area contributed by atoms with Gasteiger partial charge in [-0.3, -0.25) is 14.9 Å². The molecule has 2 aromatic carbocycles. The van der Waals surface area contributed by atoms with Gasteiger partial charge in [-0.15, -0.1) is 11.8 Å². The lowest BCUT2D eigenvalue weighted by molar-refractivity contribution is -0.384. The molecule has 1 saturated heterocycles. The standard InChI is InChI=1S/C17H15NO4S/c19-16-11-10-15(17(22-16)12-4-2-1-3-5-12)23-14-8-6-13(7-9-14)18(20)21/h1-9,15,17H,10-11H2. The van der Waals surface area contributed by atoms with Crippen LogP contribution in [-0.4, -0.2) is 16.1 Å². The van der Waals surface area contributed by atoms with Crippen LogP contribution < -0.4 is 0 Å². The van der Waals surface area contributed by atoms with Crippen molar-refractivity contribution in [2.45, 2.75) is 29.1 Å². The first-order valence-corrected chi connectivity index (χ1v) is 8.17. The van der Waals surface area contributed by atoms with Crippen molar-refractivity contribution in [3.05, 3.63) is 70.3 Å². The second kappa shape index (κ2) is 6.83. The lowest BCUT2D eigenvalue weighted by Crippen LogP contribution is -2.28. The van der Waals surface area contributed by atoms with Gasteiger partial charge in [0.25, 0.3) is 5.69 Å². The van der Waals surface area contributed by atoms with E-state index in [0.29, 0.717) is 6.42 Å². The molecule has 0 aliphatic carbocycles. The van der Waals surface area contributed by atoms with Crippen molar-refractivity contribution >= 4 is 23.4 Å². The Labute approximate surface area is 137 Å². The number of thioether (sulfide) groups is 1. The number of rotatable bonds is 4. The number of esters is 1. The summed E-state index contributed by atoms with van der Waals surface area (Å²) in [6.07, 6.45) is 0.825. The quantitative estimate of drug-likeness (QED) is 0.479. The molecule has 118 valence electrons. The summed E-state index contributed by atoms with van der Waals surface area (Å²) < 4.78 is 5.55. The molecule has 0 radical (unpaired) electrons. The highest BCUT2D eigenvalue weighted by Crippen LogP contribution is 2.40. The van der Waals surface area contributed by atoms with Crippen LogP contribution in [0, 0.1) is 10.1 Å². The van der Waals surface area contributed by atoms with E-state index in [1.807, 2.05) is 30.3 Å². The van der Waals surface area contributed by atoms with E-state index in [9.17, 15) is 14.9 Å². The Morgan fingerprint density at radius 3 is 2.43 bits per heavy atom. The number of cyclic esters (lactones) is 1. The molecule has 3 rings (SSSR count). The number of nitro benzene ring substituents is 1. The second-order valence-corrected chi connectivity index (χ2v) is 6.58. The Morgan fingerprint density at radius 1 is 1.09 bits per heavy atom. The zero-order valence-electron chi connectivity index (χ0n) is 12.3. The molecule has 1 fully saturated rings. The molecule has 0 N–H and O–H groups in total. The predicted molar refractivity (Wildman–Crippen MR) is 87.3 cm³/mol. The Kier molecular flexibility index (Phi) is 4.62. The summed E-state index contributed by atoms with van der Waals surface area (Å²) in [4.78, 5) is 22.9. The van der Waals surface area contributed by atoms with Crippen LogP contribution in [0.4, 0.5) is 5.69 Å². The van der Waals surface area contributed by atoms with Gasteiger partial charge in [0.15, 0.2) is 0 Å². The van der Waals surface area contributed by atoms with E-state index in [4.69, 9.17) is 4.74 Å². The first-order valence-electron chi connectivity index (χ1n) is 7.29. The average molecular weight is 329 g/mol. The highest BCUT2D eigenvalue weighted by Gasteiger charge is 2.32. The number of ether oxygens (including phenoxy) is 1. The normalized spacial score (nSPS) is 20.8. The lowest BCUT2D eigenvalue weighted by Gasteiger charge is -2.31. The minimum atomic E-state index is -0.413. The number of carbonyl (C=O) groups excluding carboxylic acids is 1. The molecule has 6 heteroatoms. The van der Waals surface area contributed by atoms with Gasteiger partial charge in [-0.25, -0.2) is 0 Å². The van der Waals surface area contributed by atoms with E-state index in [2.05, 4.69) is 0 Å². The summed E-state index contributed by atoms with van der Waals surface area (Å²) in [5, 5.41) is 10.8. The first kappa shape index (κ1) is 15.6. The SMILES string of the molecule is O=C1CCC(Sc2ccc([N+](=O)[O-])cc2)C(c2ccccc2)O1. The second-order valence-electron chi connectivity index (χ2n) is 5.27. The van der Waals surface area contributed by atoms with E-state index in [1.54, 1.807) is 23.9 Å². The minimum absolute atomic E-state index is 0.0732. The van der Waals surface area contributed by atoms with E-state index in [1.165, 1.54) is 12.1 Å². The van der Waals surface area contributed by atoms with Gasteiger partial charge in [-0.05, 0) is 24.1 Å². The maximum Gasteiger partial charge on any atom is 0.306 e. The fraction of sp³-hybridized carbons (Fsp3) is 0.235. The van der Waals surface area contributed by atoms with Gasteiger partial charge in [-0.2, -0.15) is 0 Å². The van der Waals surface area contributed by atoms with E-state index >= 15 is 0 Å². The summed E-state index contributed by atoms with van der Waals surface area (Å²) in [5.74, 6) is -0.181. The zero-order valence-corrected chi connectivity index (χ0v) is 13.1. The molecule has 0 aromatic heterocycles. The number of hydrogen-bond donors (Lipinski definition) is 0. The maximum atomic E-state index is 11.7. The van der Waals surface area contributed by atoms with Crippen LogP contribution in [0.2, 0.25) is 0 Å². The molecule has 0 spiro atoms. The van der Waals surface area contributed by atoms with Crippen molar-refractivity contribution in [2.75, 3.05) is 0 Å². The highest BCUT2D eigenvalue weighted by molar-refractivity contribution is 8.00. The number of nitro groups is 1. The smallest absolute Gasteiger partial charge is 0.306 e. The van der Waals surface area contributed by atoms with Gasteiger partial charge in [0.1, 0.15) is 6.10 Å². The van der Waals surface area contributed by atoms with E-state index in [-0.39, 0.29) is 23.0 Å². The molecular formula is C17H15NO4S. The molecule has 0 bridgehead atoms. The molecule has 2 aromatic rings. The third-order valence-electron chi connectivity index (χ3n) is 3.69. The molecular weight excluding hydrogens is 314 g/mol. The van der Waals surface area contributed by atoms with Gasteiger partial charge < -0.3 is 4.74 Å². The van der Waals surface area contributed by atoms with Crippen molar-refractivity contribution in [3.8, 4) is 0 Å². The summed E-state index contributed by atoms with van der Waals surface area (Å²) in [7, 11) is 0. The molecule has 0 saturated carbocycles. The van der Waals surface area contributed by atoms with Crippen LogP contribution in [0.1, 0.15) is 24.5 Å². The fourth-order valence-corrected chi connectivity index (χ4v) is 3.77. The Hall–Kier alpha value is -2.34. The van der Waals surface area contributed by atoms with Gasteiger partial charge >= 0.3 is 5.97 Å². The van der Waals surface area contributed by atoms with Crippen LogP contribution in [0.15, 0.2) is 59.5 Å². The predicted octanol–water partition coefficient (Wildman–Crippen LogP) is 4.13. The number of non-ortho nitro benzene ring substituents is 1. The number of hydrogen-bond acceptors (Lipinski definition) is 5. The number of nitrogens with zero attached hydrogens (tertiary/aromatic N) is 1. The molecule has 5 nitrogen and oxygen atoms in total. The van der Waals surface area contributed by atoms with Gasteiger partial charge in [0.2, 0.25) is 0 Å². The van der Waals surface area contributed by atoms with Crippen molar-refractivity contribution in [2.24, 2.45) is 0 Å². The van der Waals surface area contributed by atoms with Crippen LogP contribution in [0.25, 0.3) is 0 Å². The molecule has 0 amide bonds. The van der Waals surface area contributed by atoms with E-state index in [0.717, 1.165) is 16.9 Å². The summed E-state index contributed by atoms with van der Waals surface area (Å²) >= 11 is 1.59. The van der Waals surface area contributed by atoms with Crippen molar-refractivity contribution < 1.29 is 14.5 Å². The van der Waals surface area contributed by atoms with Gasteiger partial charge in [0.05, 0.1) is 10.2 Å². The first-order chi connectivity index (χ1) is 11.1. The van der Waals surface area contributed by atoms with Crippen LogP contribution >= 0.6 is 11.8 Å². The van der Waals surface area contributed by atoms with Gasteiger partial charge in [-0.1, -0.05) is 30.3 Å². The zero-order chi connectivity index (χ0) is 16.2. The monoisotopic (exact) mass is 329 g/mol. The molecule has 1 heterocycles. The molecule has 1 aliphatic heterocycles. The van der Waals surface area contributed by atoms with Crippen molar-refractivity contribution in [1.82, 2.24) is 0 Å². The topological polar surface area (TPSA) is 69.4 Å².